The van der Waals surface area contributed by atoms with Crippen LogP contribution < -0.4 is 10.0 Å². The number of hydrogen-bond acceptors (Lipinski definition) is 3. The molecule has 28 heavy (non-hydrogen) atoms. The molecule has 8 heteroatoms. The number of carbonyl (C=O) groups excluding carboxylic acids is 1. The highest BCUT2D eigenvalue weighted by Gasteiger charge is 2.28. The van der Waals surface area contributed by atoms with Gasteiger partial charge in [0.25, 0.3) is 0 Å². The van der Waals surface area contributed by atoms with Crippen LogP contribution in [0.15, 0.2) is 53.4 Å². The minimum Gasteiger partial charge on any atom is -0.352 e. The Morgan fingerprint density at radius 2 is 1.79 bits per heavy atom. The second-order valence-electron chi connectivity index (χ2n) is 6.64. The van der Waals surface area contributed by atoms with Gasteiger partial charge in [-0.2, -0.15) is 4.72 Å². The highest BCUT2D eigenvalue weighted by Crippen LogP contribution is 2.25. The largest absolute Gasteiger partial charge is 0.352 e. The van der Waals surface area contributed by atoms with E-state index in [0.717, 1.165) is 18.4 Å². The van der Waals surface area contributed by atoms with Crippen LogP contribution in [0.3, 0.4) is 0 Å². The third kappa shape index (κ3) is 6.48. The van der Waals surface area contributed by atoms with E-state index in [9.17, 15) is 13.2 Å². The van der Waals surface area contributed by atoms with Gasteiger partial charge < -0.3 is 5.32 Å². The lowest BCUT2D eigenvalue weighted by atomic mass is 10.1. The van der Waals surface area contributed by atoms with Gasteiger partial charge in [-0.25, -0.2) is 8.42 Å². The Bertz CT molecular complexity index is 905. The molecule has 0 aliphatic carbocycles. The molecule has 0 fully saturated rings. The quantitative estimate of drug-likeness (QED) is 0.611. The highest BCUT2D eigenvalue weighted by atomic mass is 35.5. The number of benzene rings is 2. The molecule has 2 aromatic rings. The SMILES string of the molecule is CCC[C@@H](C)NC(=O)[C@H](Cc1ccccc1)NS(=O)(=O)c1cc(Cl)ccc1Cl. The number of hydrogen-bond donors (Lipinski definition) is 2. The molecule has 0 radical (unpaired) electrons. The van der Waals surface area contributed by atoms with E-state index in [2.05, 4.69) is 10.0 Å². The topological polar surface area (TPSA) is 75.3 Å². The first-order valence-electron chi connectivity index (χ1n) is 9.04. The van der Waals surface area contributed by atoms with Crippen LogP contribution in [-0.4, -0.2) is 26.4 Å². The van der Waals surface area contributed by atoms with E-state index in [1.807, 2.05) is 44.2 Å². The molecule has 2 rings (SSSR count). The van der Waals surface area contributed by atoms with Gasteiger partial charge in [-0.1, -0.05) is 66.9 Å². The summed E-state index contributed by atoms with van der Waals surface area (Å²) < 4.78 is 28.3. The molecule has 152 valence electrons. The number of sulfonamides is 1. The molecule has 0 heterocycles. The normalized spacial score (nSPS) is 13.7. The van der Waals surface area contributed by atoms with Crippen LogP contribution in [-0.2, 0) is 21.2 Å². The maximum Gasteiger partial charge on any atom is 0.242 e. The molecule has 0 aliphatic rings. The van der Waals surface area contributed by atoms with Gasteiger partial charge in [0, 0.05) is 11.1 Å². The van der Waals surface area contributed by atoms with E-state index in [-0.39, 0.29) is 33.3 Å². The van der Waals surface area contributed by atoms with Crippen LogP contribution in [0.5, 0.6) is 0 Å². The molecule has 0 bridgehead atoms. The monoisotopic (exact) mass is 442 g/mol. The van der Waals surface area contributed by atoms with Crippen LogP contribution in [0.4, 0.5) is 0 Å². The first kappa shape index (κ1) is 22.7. The predicted octanol–water partition coefficient (Wildman–Crippen LogP) is 4.19. The molecule has 0 aromatic heterocycles. The molecule has 2 aromatic carbocycles. The molecule has 1 amide bonds. The van der Waals surface area contributed by atoms with Crippen molar-refractivity contribution in [1.29, 1.82) is 0 Å². The minimum absolute atomic E-state index is 0.0371. The predicted molar refractivity (Wildman–Crippen MR) is 113 cm³/mol. The summed E-state index contributed by atoms with van der Waals surface area (Å²) in [4.78, 5) is 12.6. The van der Waals surface area contributed by atoms with Gasteiger partial charge in [-0.3, -0.25) is 4.79 Å². The summed E-state index contributed by atoms with van der Waals surface area (Å²) in [6, 6.07) is 12.4. The van der Waals surface area contributed by atoms with Gasteiger partial charge in [-0.15, -0.1) is 0 Å². The second-order valence-corrected chi connectivity index (χ2v) is 9.16. The van der Waals surface area contributed by atoms with Crippen molar-refractivity contribution in [3.8, 4) is 0 Å². The summed E-state index contributed by atoms with van der Waals surface area (Å²) >= 11 is 12.0. The number of nitrogens with one attached hydrogen (secondary N) is 2. The van der Waals surface area contributed by atoms with Gasteiger partial charge >= 0.3 is 0 Å². The molecule has 0 aliphatic heterocycles. The average molecular weight is 443 g/mol. The number of amides is 1. The maximum atomic E-state index is 12.9. The molecule has 0 saturated heterocycles. The zero-order chi connectivity index (χ0) is 20.7. The number of rotatable bonds is 9. The van der Waals surface area contributed by atoms with Crippen molar-refractivity contribution in [3.63, 3.8) is 0 Å². The van der Waals surface area contributed by atoms with Crippen LogP contribution in [0.25, 0.3) is 0 Å². The average Bonchev–Trinajstić information content (AvgIpc) is 2.64. The lowest BCUT2D eigenvalue weighted by molar-refractivity contribution is -0.123. The van der Waals surface area contributed by atoms with Crippen molar-refractivity contribution in [2.45, 2.75) is 50.1 Å². The van der Waals surface area contributed by atoms with Crippen LogP contribution in [0, 0.1) is 0 Å². The Hall–Kier alpha value is -1.60. The lowest BCUT2D eigenvalue weighted by Gasteiger charge is -2.22. The third-order valence-corrected chi connectivity index (χ3v) is 6.38. The Kier molecular flexibility index (Phi) is 8.31. The smallest absolute Gasteiger partial charge is 0.242 e. The van der Waals surface area contributed by atoms with Crippen molar-refractivity contribution < 1.29 is 13.2 Å². The molecule has 5 nitrogen and oxygen atoms in total. The second kappa shape index (κ2) is 10.3. The Morgan fingerprint density at radius 3 is 2.43 bits per heavy atom. The fourth-order valence-corrected chi connectivity index (χ4v) is 4.78. The maximum absolute atomic E-state index is 12.9. The van der Waals surface area contributed by atoms with E-state index in [1.54, 1.807) is 0 Å². The van der Waals surface area contributed by atoms with E-state index in [4.69, 9.17) is 23.2 Å². The fourth-order valence-electron chi connectivity index (χ4n) is 2.82. The van der Waals surface area contributed by atoms with Crippen molar-refractivity contribution >= 4 is 39.1 Å². The summed E-state index contributed by atoms with van der Waals surface area (Å²) in [6.07, 6.45) is 1.92. The highest BCUT2D eigenvalue weighted by molar-refractivity contribution is 7.89. The molecule has 0 spiro atoms. The first-order chi connectivity index (χ1) is 13.2. The van der Waals surface area contributed by atoms with Crippen LogP contribution in [0.2, 0.25) is 10.0 Å². The van der Waals surface area contributed by atoms with E-state index in [0.29, 0.717) is 0 Å². The minimum atomic E-state index is -4.05. The molecule has 2 atom stereocenters. The van der Waals surface area contributed by atoms with Gasteiger partial charge in [0.15, 0.2) is 0 Å². The summed E-state index contributed by atoms with van der Waals surface area (Å²) in [5, 5.41) is 3.15. The standard InChI is InChI=1S/C20H24Cl2N2O3S/c1-3-7-14(2)23-20(25)18(12-15-8-5-4-6-9-15)24-28(26,27)19-13-16(21)10-11-17(19)22/h4-6,8-11,13-14,18,24H,3,7,12H2,1-2H3,(H,23,25)/t14-,18+/m1/s1. The zero-order valence-electron chi connectivity index (χ0n) is 15.8. The van der Waals surface area contributed by atoms with E-state index >= 15 is 0 Å². The third-order valence-electron chi connectivity index (χ3n) is 4.19. The molecule has 2 N–H and O–H groups in total. The zero-order valence-corrected chi connectivity index (χ0v) is 18.1. The van der Waals surface area contributed by atoms with E-state index in [1.165, 1.54) is 18.2 Å². The molecular formula is C20H24Cl2N2O3S. The Labute approximate surface area is 176 Å². The number of halogens is 2. The van der Waals surface area contributed by atoms with Crippen molar-refractivity contribution in [3.05, 3.63) is 64.1 Å². The van der Waals surface area contributed by atoms with Crippen LogP contribution >= 0.6 is 23.2 Å². The van der Waals surface area contributed by atoms with Crippen LogP contribution in [0.1, 0.15) is 32.3 Å². The Balaban J connectivity index is 2.29. The van der Waals surface area contributed by atoms with Crippen molar-refractivity contribution in [2.75, 3.05) is 0 Å². The summed E-state index contributed by atoms with van der Waals surface area (Å²) in [5.41, 5.74) is 0.839. The number of carbonyl (C=O) groups is 1. The van der Waals surface area contributed by atoms with Gasteiger partial charge in [0.1, 0.15) is 10.9 Å². The summed E-state index contributed by atoms with van der Waals surface area (Å²) in [7, 11) is -4.05. The summed E-state index contributed by atoms with van der Waals surface area (Å²) in [6.45, 7) is 3.91. The van der Waals surface area contributed by atoms with Crippen molar-refractivity contribution in [1.82, 2.24) is 10.0 Å². The molecular weight excluding hydrogens is 419 g/mol. The summed E-state index contributed by atoms with van der Waals surface area (Å²) in [5.74, 6) is -0.383. The molecule has 0 saturated carbocycles. The first-order valence-corrected chi connectivity index (χ1v) is 11.3. The van der Waals surface area contributed by atoms with Gasteiger partial charge in [-0.05, 0) is 43.5 Å². The van der Waals surface area contributed by atoms with Gasteiger partial charge in [0.05, 0.1) is 5.02 Å². The lowest BCUT2D eigenvalue weighted by Crippen LogP contribution is -2.50. The van der Waals surface area contributed by atoms with Crippen molar-refractivity contribution in [2.24, 2.45) is 0 Å². The van der Waals surface area contributed by atoms with Gasteiger partial charge in [0.2, 0.25) is 15.9 Å². The van der Waals surface area contributed by atoms with E-state index < -0.39 is 16.1 Å². The molecule has 0 unspecified atom stereocenters. The Morgan fingerprint density at radius 1 is 1.11 bits per heavy atom. The fraction of sp³-hybridized carbons (Fsp3) is 0.350.